The summed E-state index contributed by atoms with van der Waals surface area (Å²) >= 11 is 12.9. The fourth-order valence-corrected chi connectivity index (χ4v) is 3.70. The van der Waals surface area contributed by atoms with Crippen LogP contribution in [0.1, 0.15) is 36.0 Å². The van der Waals surface area contributed by atoms with Crippen LogP contribution in [0.25, 0.3) is 0 Å². The van der Waals surface area contributed by atoms with Crippen molar-refractivity contribution in [3.63, 3.8) is 0 Å². The van der Waals surface area contributed by atoms with Gasteiger partial charge in [0.1, 0.15) is 4.34 Å². The molecule has 0 bridgehead atoms. The number of aliphatic carboxylic acids is 1. The van der Waals surface area contributed by atoms with Gasteiger partial charge in [0, 0.05) is 6.04 Å². The maximum Gasteiger partial charge on any atom is 0.306 e. The van der Waals surface area contributed by atoms with Gasteiger partial charge in [-0.25, -0.2) is 0 Å². The molecule has 1 heterocycles. The van der Waals surface area contributed by atoms with E-state index in [0.29, 0.717) is 39.9 Å². The van der Waals surface area contributed by atoms with Gasteiger partial charge in [0.05, 0.1) is 15.8 Å². The van der Waals surface area contributed by atoms with E-state index < -0.39 is 5.97 Å². The van der Waals surface area contributed by atoms with E-state index >= 15 is 0 Å². The first-order valence-electron chi connectivity index (χ1n) is 5.96. The summed E-state index contributed by atoms with van der Waals surface area (Å²) in [6.45, 7) is 0. The van der Waals surface area contributed by atoms with Crippen LogP contribution in [0.4, 0.5) is 0 Å². The van der Waals surface area contributed by atoms with Crippen LogP contribution in [0.5, 0.6) is 0 Å². The lowest BCUT2D eigenvalue weighted by molar-refractivity contribution is -0.142. The van der Waals surface area contributed by atoms with Crippen LogP contribution in [0.2, 0.25) is 8.67 Å². The number of carbonyl (C=O) groups is 2. The normalized spacial score (nSPS) is 23.1. The van der Waals surface area contributed by atoms with Gasteiger partial charge in [0.25, 0.3) is 5.91 Å². The maximum absolute atomic E-state index is 12.0. The van der Waals surface area contributed by atoms with Gasteiger partial charge in [0.2, 0.25) is 0 Å². The molecule has 0 aliphatic heterocycles. The Bertz CT molecular complexity index is 495. The number of nitrogens with one attached hydrogen (secondary N) is 1. The molecule has 2 rings (SSSR count). The Morgan fingerprint density at radius 1 is 1.26 bits per heavy atom. The van der Waals surface area contributed by atoms with Crippen molar-refractivity contribution < 1.29 is 14.7 Å². The zero-order chi connectivity index (χ0) is 14.0. The zero-order valence-electron chi connectivity index (χ0n) is 9.99. The number of amides is 1. The van der Waals surface area contributed by atoms with E-state index in [2.05, 4.69) is 5.32 Å². The molecule has 1 saturated carbocycles. The molecule has 1 amide bonds. The Morgan fingerprint density at radius 3 is 2.37 bits per heavy atom. The zero-order valence-corrected chi connectivity index (χ0v) is 12.3. The van der Waals surface area contributed by atoms with Crippen molar-refractivity contribution >= 4 is 46.4 Å². The molecule has 1 aromatic heterocycles. The van der Waals surface area contributed by atoms with Crippen LogP contribution < -0.4 is 5.32 Å². The second-order valence-electron chi connectivity index (χ2n) is 4.60. The minimum Gasteiger partial charge on any atom is -0.481 e. The highest BCUT2D eigenvalue weighted by molar-refractivity contribution is 7.20. The first-order valence-corrected chi connectivity index (χ1v) is 7.53. The van der Waals surface area contributed by atoms with Crippen molar-refractivity contribution in [3.05, 3.63) is 20.3 Å². The van der Waals surface area contributed by atoms with Crippen molar-refractivity contribution in [3.8, 4) is 0 Å². The van der Waals surface area contributed by atoms with Crippen LogP contribution in [0.15, 0.2) is 6.07 Å². The van der Waals surface area contributed by atoms with Crippen LogP contribution in [-0.2, 0) is 4.79 Å². The second-order valence-corrected chi connectivity index (χ2v) is 6.88. The quantitative estimate of drug-likeness (QED) is 0.896. The standard InChI is InChI=1S/C12H13Cl2NO3S/c13-9-5-8(10(14)19-9)11(16)15-7-3-1-6(2-4-7)12(17)18/h5-7H,1-4H2,(H,15,16)(H,17,18). The van der Waals surface area contributed by atoms with Crippen molar-refractivity contribution in [2.75, 3.05) is 0 Å². The molecular weight excluding hydrogens is 309 g/mol. The molecule has 0 spiro atoms. The molecule has 104 valence electrons. The average molecular weight is 322 g/mol. The van der Waals surface area contributed by atoms with Crippen molar-refractivity contribution in [2.45, 2.75) is 31.7 Å². The van der Waals surface area contributed by atoms with Crippen molar-refractivity contribution in [2.24, 2.45) is 5.92 Å². The molecule has 2 N–H and O–H groups in total. The Hall–Kier alpha value is -0.780. The highest BCUT2D eigenvalue weighted by Gasteiger charge is 2.27. The van der Waals surface area contributed by atoms with Gasteiger partial charge in [-0.1, -0.05) is 23.2 Å². The number of carboxylic acid groups (broad SMARTS) is 1. The maximum atomic E-state index is 12.0. The van der Waals surface area contributed by atoms with Gasteiger partial charge >= 0.3 is 5.97 Å². The lowest BCUT2D eigenvalue weighted by Crippen LogP contribution is -2.38. The average Bonchev–Trinajstić information content (AvgIpc) is 2.69. The number of hydrogen-bond donors (Lipinski definition) is 2. The Morgan fingerprint density at radius 2 is 1.89 bits per heavy atom. The number of carbonyl (C=O) groups excluding carboxylic acids is 1. The van der Waals surface area contributed by atoms with Crippen molar-refractivity contribution in [1.82, 2.24) is 5.32 Å². The van der Waals surface area contributed by atoms with E-state index in [4.69, 9.17) is 28.3 Å². The first kappa shape index (κ1) is 14.6. The molecule has 1 fully saturated rings. The molecule has 0 aromatic carbocycles. The highest BCUT2D eigenvalue weighted by atomic mass is 35.5. The Kier molecular flexibility index (Phi) is 4.71. The van der Waals surface area contributed by atoms with E-state index in [1.165, 1.54) is 0 Å². The van der Waals surface area contributed by atoms with Gasteiger partial charge in [-0.2, -0.15) is 0 Å². The third-order valence-electron chi connectivity index (χ3n) is 3.31. The number of halogens is 2. The van der Waals surface area contributed by atoms with Gasteiger partial charge in [-0.3, -0.25) is 9.59 Å². The predicted octanol–water partition coefficient (Wildman–Crippen LogP) is 3.43. The molecule has 1 aromatic rings. The second kappa shape index (κ2) is 6.11. The Balaban J connectivity index is 1.91. The van der Waals surface area contributed by atoms with E-state index in [1.54, 1.807) is 6.07 Å². The minimum absolute atomic E-state index is 0.0119. The van der Waals surface area contributed by atoms with E-state index in [0.717, 1.165) is 11.3 Å². The number of carboxylic acids is 1. The summed E-state index contributed by atoms with van der Waals surface area (Å²) in [5.41, 5.74) is 0.386. The monoisotopic (exact) mass is 321 g/mol. The molecule has 0 unspecified atom stereocenters. The molecule has 19 heavy (non-hydrogen) atoms. The number of thiophene rings is 1. The summed E-state index contributed by atoms with van der Waals surface area (Å²) < 4.78 is 0.853. The van der Waals surface area contributed by atoms with Crippen LogP contribution in [0.3, 0.4) is 0 Å². The molecule has 0 saturated heterocycles. The van der Waals surface area contributed by atoms with Crippen LogP contribution >= 0.6 is 34.5 Å². The third kappa shape index (κ3) is 3.61. The summed E-state index contributed by atoms with van der Waals surface area (Å²) in [7, 11) is 0. The summed E-state index contributed by atoms with van der Waals surface area (Å²) in [6.07, 6.45) is 2.55. The van der Waals surface area contributed by atoms with Gasteiger partial charge < -0.3 is 10.4 Å². The molecule has 0 radical (unpaired) electrons. The smallest absolute Gasteiger partial charge is 0.306 e. The summed E-state index contributed by atoms with van der Waals surface area (Å²) in [5, 5.41) is 11.8. The first-order chi connectivity index (χ1) is 8.97. The van der Waals surface area contributed by atoms with Gasteiger partial charge in [-0.15, -0.1) is 11.3 Å². The molecule has 1 aliphatic carbocycles. The molecule has 4 nitrogen and oxygen atoms in total. The minimum atomic E-state index is -0.752. The lowest BCUT2D eigenvalue weighted by Gasteiger charge is -2.26. The van der Waals surface area contributed by atoms with E-state index in [1.807, 2.05) is 0 Å². The largest absolute Gasteiger partial charge is 0.481 e. The van der Waals surface area contributed by atoms with Crippen molar-refractivity contribution in [1.29, 1.82) is 0 Å². The lowest BCUT2D eigenvalue weighted by atomic mass is 9.86. The third-order valence-corrected chi connectivity index (χ3v) is 4.80. The molecular formula is C12H13Cl2NO3S. The van der Waals surface area contributed by atoms with Gasteiger partial charge in [0.15, 0.2) is 0 Å². The summed E-state index contributed by atoms with van der Waals surface area (Å²) in [6, 6.07) is 1.56. The van der Waals surface area contributed by atoms with E-state index in [9.17, 15) is 9.59 Å². The van der Waals surface area contributed by atoms with E-state index in [-0.39, 0.29) is 17.9 Å². The summed E-state index contributed by atoms with van der Waals surface area (Å²) in [5.74, 6) is -1.28. The number of hydrogen-bond acceptors (Lipinski definition) is 3. The van der Waals surface area contributed by atoms with Crippen LogP contribution in [0, 0.1) is 5.92 Å². The van der Waals surface area contributed by atoms with Crippen LogP contribution in [-0.4, -0.2) is 23.0 Å². The Labute approximate surface area is 124 Å². The van der Waals surface area contributed by atoms with Gasteiger partial charge in [-0.05, 0) is 31.7 Å². The number of rotatable bonds is 3. The molecule has 7 heteroatoms. The fraction of sp³-hybridized carbons (Fsp3) is 0.500. The molecule has 0 atom stereocenters. The summed E-state index contributed by atoms with van der Waals surface area (Å²) in [4.78, 5) is 22.8. The highest BCUT2D eigenvalue weighted by Crippen LogP contribution is 2.31. The fourth-order valence-electron chi connectivity index (χ4n) is 2.24. The topological polar surface area (TPSA) is 66.4 Å². The predicted molar refractivity (Wildman–Crippen MR) is 75.2 cm³/mol. The SMILES string of the molecule is O=C(NC1CCC(C(=O)O)CC1)c1cc(Cl)sc1Cl. The molecule has 1 aliphatic rings.